The molecule has 1 unspecified atom stereocenters. The highest BCUT2D eigenvalue weighted by molar-refractivity contribution is 5.43. The molecule has 1 atom stereocenters. The summed E-state index contributed by atoms with van der Waals surface area (Å²) in [5.74, 6) is 1.57. The van der Waals surface area contributed by atoms with Gasteiger partial charge >= 0.3 is 0 Å². The van der Waals surface area contributed by atoms with Crippen molar-refractivity contribution in [3.05, 3.63) is 23.8 Å². The summed E-state index contributed by atoms with van der Waals surface area (Å²) in [6.45, 7) is 10.0. The summed E-state index contributed by atoms with van der Waals surface area (Å²) >= 11 is 0. The van der Waals surface area contributed by atoms with E-state index in [1.54, 1.807) is 14.2 Å². The molecule has 1 aromatic rings. The molecule has 0 aromatic heterocycles. The lowest BCUT2D eigenvalue weighted by Gasteiger charge is -2.27. The Morgan fingerprint density at radius 1 is 1.10 bits per heavy atom. The van der Waals surface area contributed by atoms with Crippen LogP contribution in [0.4, 0.5) is 0 Å². The van der Waals surface area contributed by atoms with Crippen molar-refractivity contribution in [1.29, 1.82) is 0 Å². The number of ether oxygens (including phenoxy) is 2. The lowest BCUT2D eigenvalue weighted by atomic mass is 9.89. The second-order valence-electron chi connectivity index (χ2n) is 5.97. The van der Waals surface area contributed by atoms with Crippen molar-refractivity contribution in [1.82, 2.24) is 5.32 Å². The molecule has 1 rings (SSSR count). The van der Waals surface area contributed by atoms with Crippen molar-refractivity contribution < 1.29 is 9.47 Å². The van der Waals surface area contributed by atoms with Gasteiger partial charge in [0, 0.05) is 12.6 Å². The minimum absolute atomic E-state index is 0.323. The lowest BCUT2D eigenvalue weighted by Crippen LogP contribution is -2.31. The fourth-order valence-corrected chi connectivity index (χ4v) is 2.09. The zero-order valence-electron chi connectivity index (χ0n) is 13.7. The van der Waals surface area contributed by atoms with Gasteiger partial charge in [-0.3, -0.25) is 0 Å². The first-order valence-electron chi connectivity index (χ1n) is 7.42. The molecule has 0 aliphatic heterocycles. The van der Waals surface area contributed by atoms with E-state index in [-0.39, 0.29) is 0 Å². The van der Waals surface area contributed by atoms with Gasteiger partial charge in [-0.1, -0.05) is 33.8 Å². The average Bonchev–Trinajstić information content (AvgIpc) is 2.47. The quantitative estimate of drug-likeness (QED) is 0.774. The fraction of sp³-hybridized carbons (Fsp3) is 0.647. The minimum atomic E-state index is 0.323. The molecule has 0 saturated carbocycles. The van der Waals surface area contributed by atoms with E-state index in [9.17, 15) is 0 Å². The van der Waals surface area contributed by atoms with Gasteiger partial charge in [0.05, 0.1) is 14.2 Å². The van der Waals surface area contributed by atoms with Crippen LogP contribution in [0.25, 0.3) is 0 Å². The first kappa shape index (κ1) is 16.8. The third-order valence-corrected chi connectivity index (χ3v) is 4.00. The van der Waals surface area contributed by atoms with E-state index in [4.69, 9.17) is 9.47 Å². The predicted octanol–water partition coefficient (Wildman–Crippen LogP) is 4.18. The summed E-state index contributed by atoms with van der Waals surface area (Å²) in [4.78, 5) is 0. The van der Waals surface area contributed by atoms with Crippen molar-refractivity contribution >= 4 is 0 Å². The van der Waals surface area contributed by atoms with Crippen LogP contribution in [0, 0.1) is 5.41 Å². The maximum atomic E-state index is 5.39. The number of methoxy groups -OCH3 is 2. The van der Waals surface area contributed by atoms with Crippen molar-refractivity contribution in [3.63, 3.8) is 0 Å². The molecule has 3 heteroatoms. The Hall–Kier alpha value is -1.22. The van der Waals surface area contributed by atoms with Crippen LogP contribution >= 0.6 is 0 Å². The molecule has 0 fully saturated rings. The zero-order chi connectivity index (χ0) is 15.2. The molecule has 1 aromatic carbocycles. The number of rotatable bonds is 8. The summed E-state index contributed by atoms with van der Waals surface area (Å²) < 4.78 is 10.7. The Morgan fingerprint density at radius 2 is 1.75 bits per heavy atom. The maximum absolute atomic E-state index is 5.39. The molecule has 0 aliphatic carbocycles. The van der Waals surface area contributed by atoms with Crippen LogP contribution in [0.15, 0.2) is 18.2 Å². The molecule has 0 aliphatic rings. The zero-order valence-corrected chi connectivity index (χ0v) is 13.7. The molecule has 1 N–H and O–H groups in total. The van der Waals surface area contributed by atoms with Gasteiger partial charge in [0.2, 0.25) is 0 Å². The van der Waals surface area contributed by atoms with Crippen molar-refractivity contribution in [3.8, 4) is 11.5 Å². The molecule has 20 heavy (non-hydrogen) atoms. The third-order valence-electron chi connectivity index (χ3n) is 4.00. The Labute approximate surface area is 123 Å². The number of hydrogen-bond acceptors (Lipinski definition) is 3. The van der Waals surface area contributed by atoms with E-state index in [1.165, 1.54) is 12.0 Å². The van der Waals surface area contributed by atoms with Gasteiger partial charge in [-0.25, -0.2) is 0 Å². The smallest absolute Gasteiger partial charge is 0.161 e. The molecular formula is C17H29NO2. The molecular weight excluding hydrogens is 250 g/mol. The number of nitrogens with one attached hydrogen (secondary N) is 1. The molecule has 0 radical (unpaired) electrons. The van der Waals surface area contributed by atoms with Crippen LogP contribution in [0.2, 0.25) is 0 Å². The lowest BCUT2D eigenvalue weighted by molar-refractivity contribution is 0.306. The van der Waals surface area contributed by atoms with Gasteiger partial charge in [-0.05, 0) is 36.0 Å². The highest BCUT2D eigenvalue weighted by Crippen LogP contribution is 2.31. The molecule has 3 nitrogen and oxygen atoms in total. The number of hydrogen-bond donors (Lipinski definition) is 1. The predicted molar refractivity (Wildman–Crippen MR) is 84.7 cm³/mol. The van der Waals surface area contributed by atoms with Gasteiger partial charge in [-0.15, -0.1) is 0 Å². The highest BCUT2D eigenvalue weighted by atomic mass is 16.5. The van der Waals surface area contributed by atoms with E-state index in [0.717, 1.165) is 24.5 Å². The first-order chi connectivity index (χ1) is 9.47. The molecule has 0 saturated heterocycles. The monoisotopic (exact) mass is 279 g/mol. The second kappa shape index (κ2) is 7.53. The van der Waals surface area contributed by atoms with Crippen LogP contribution in [0.1, 0.15) is 52.1 Å². The molecule has 114 valence electrons. The summed E-state index contributed by atoms with van der Waals surface area (Å²) in [5.41, 5.74) is 1.57. The maximum Gasteiger partial charge on any atom is 0.161 e. The standard InChI is InChI=1S/C17H29NO2/c1-7-14(18-12-17(3,4)8-2)13-9-10-15(19-5)16(11-13)20-6/h9-11,14,18H,7-8,12H2,1-6H3. The molecule has 0 amide bonds. The van der Waals surface area contributed by atoms with E-state index >= 15 is 0 Å². The summed E-state index contributed by atoms with van der Waals surface area (Å²) in [6, 6.07) is 6.50. The van der Waals surface area contributed by atoms with E-state index < -0.39 is 0 Å². The first-order valence-corrected chi connectivity index (χ1v) is 7.42. The SMILES string of the molecule is CCC(NCC(C)(C)CC)c1ccc(OC)c(OC)c1. The summed E-state index contributed by atoms with van der Waals surface area (Å²) in [7, 11) is 3.34. The van der Waals surface area contributed by atoms with Crippen LogP contribution in [0.5, 0.6) is 11.5 Å². The second-order valence-corrected chi connectivity index (χ2v) is 5.97. The largest absolute Gasteiger partial charge is 0.493 e. The summed E-state index contributed by atoms with van der Waals surface area (Å²) in [5, 5.41) is 3.67. The van der Waals surface area contributed by atoms with Crippen LogP contribution in [-0.4, -0.2) is 20.8 Å². The van der Waals surface area contributed by atoms with Gasteiger partial charge in [0.15, 0.2) is 11.5 Å². The Bertz CT molecular complexity index is 415. The minimum Gasteiger partial charge on any atom is -0.493 e. The van der Waals surface area contributed by atoms with E-state index in [2.05, 4.69) is 45.1 Å². The average molecular weight is 279 g/mol. The van der Waals surface area contributed by atoms with E-state index in [0.29, 0.717) is 11.5 Å². The van der Waals surface area contributed by atoms with Crippen LogP contribution in [0.3, 0.4) is 0 Å². The van der Waals surface area contributed by atoms with Gasteiger partial charge in [-0.2, -0.15) is 0 Å². The number of benzene rings is 1. The van der Waals surface area contributed by atoms with Crippen molar-refractivity contribution in [2.24, 2.45) is 5.41 Å². The van der Waals surface area contributed by atoms with Crippen molar-refractivity contribution in [2.75, 3.05) is 20.8 Å². The Balaban J connectivity index is 2.84. The normalized spacial score (nSPS) is 13.1. The molecule has 0 heterocycles. The Kier molecular flexibility index (Phi) is 6.34. The Morgan fingerprint density at radius 3 is 2.25 bits per heavy atom. The summed E-state index contributed by atoms with van der Waals surface area (Å²) in [6.07, 6.45) is 2.22. The topological polar surface area (TPSA) is 30.5 Å². The van der Waals surface area contributed by atoms with Gasteiger partial charge < -0.3 is 14.8 Å². The van der Waals surface area contributed by atoms with E-state index in [1.807, 2.05) is 6.07 Å². The third kappa shape index (κ3) is 4.41. The van der Waals surface area contributed by atoms with Gasteiger partial charge in [0.1, 0.15) is 0 Å². The molecule has 0 bridgehead atoms. The fourth-order valence-electron chi connectivity index (χ4n) is 2.09. The highest BCUT2D eigenvalue weighted by Gasteiger charge is 2.18. The molecule has 0 spiro atoms. The van der Waals surface area contributed by atoms with Crippen LogP contribution in [-0.2, 0) is 0 Å². The van der Waals surface area contributed by atoms with Crippen LogP contribution < -0.4 is 14.8 Å². The van der Waals surface area contributed by atoms with Crippen molar-refractivity contribution in [2.45, 2.75) is 46.6 Å². The van der Waals surface area contributed by atoms with Gasteiger partial charge in [0.25, 0.3) is 0 Å².